The Morgan fingerprint density at radius 2 is 1.84 bits per heavy atom. The third-order valence-electron chi connectivity index (χ3n) is 10.9. The second-order valence-electron chi connectivity index (χ2n) is 13.6. The van der Waals surface area contributed by atoms with E-state index in [2.05, 4.69) is 69.9 Å². The predicted octanol–water partition coefficient (Wildman–Crippen LogP) is 7.67. The molecule has 3 aliphatic rings. The largest absolute Gasteiger partial charge is 0.496 e. The number of rotatable bonds is 6. The summed E-state index contributed by atoms with van der Waals surface area (Å²) in [4.78, 5) is 15.9. The maximum absolute atomic E-state index is 13.8. The van der Waals surface area contributed by atoms with Crippen molar-refractivity contribution < 1.29 is 13.9 Å². The number of amides is 1. The number of methoxy groups -OCH3 is 1. The molecule has 9 rings (SSSR count). The number of furan rings is 1. The number of aryl methyl sites for hydroxylation is 2. The lowest BCUT2D eigenvalue weighted by atomic mass is 10.0. The van der Waals surface area contributed by atoms with Crippen molar-refractivity contribution in [1.82, 2.24) is 24.1 Å². The number of nitrogens with zero attached hydrogens (tertiary/aromatic N) is 5. The molecule has 228 valence electrons. The molecular formula is C37H37N5O3. The number of likely N-dealkylation sites (tertiary alicyclic amines) is 1. The van der Waals surface area contributed by atoms with Crippen LogP contribution in [0.4, 0.5) is 0 Å². The third-order valence-corrected chi connectivity index (χ3v) is 10.9. The molecule has 3 atom stereocenters. The quantitative estimate of drug-likeness (QED) is 0.196. The molecule has 0 spiro atoms. The molecule has 0 radical (unpaired) electrons. The lowest BCUT2D eigenvalue weighted by Gasteiger charge is -2.27. The van der Waals surface area contributed by atoms with E-state index in [-0.39, 0.29) is 5.91 Å². The first kappa shape index (κ1) is 26.8. The molecule has 1 saturated heterocycles. The molecule has 2 aliphatic carbocycles. The molecule has 5 heterocycles. The van der Waals surface area contributed by atoms with Crippen molar-refractivity contribution in [3.05, 3.63) is 71.7 Å². The van der Waals surface area contributed by atoms with E-state index in [1.165, 1.54) is 30.2 Å². The smallest absolute Gasteiger partial charge is 0.254 e. The minimum atomic E-state index is 0.0831. The van der Waals surface area contributed by atoms with E-state index >= 15 is 0 Å². The number of piperidine rings is 1. The Kier molecular flexibility index (Phi) is 5.77. The van der Waals surface area contributed by atoms with Gasteiger partial charge in [-0.1, -0.05) is 19.1 Å². The van der Waals surface area contributed by atoms with Gasteiger partial charge < -0.3 is 18.6 Å². The fraction of sp³-hybridized carbons (Fsp3) is 0.378. The number of aromatic nitrogens is 4. The van der Waals surface area contributed by atoms with Crippen LogP contribution in [0.25, 0.3) is 50.1 Å². The maximum Gasteiger partial charge on any atom is 0.254 e. The number of carbonyl (C=O) groups is 1. The van der Waals surface area contributed by atoms with Crippen LogP contribution in [0, 0.1) is 31.6 Å². The van der Waals surface area contributed by atoms with Gasteiger partial charge in [-0.3, -0.25) is 9.20 Å². The maximum atomic E-state index is 13.8. The molecule has 2 saturated carbocycles. The Balaban J connectivity index is 1.15. The van der Waals surface area contributed by atoms with Crippen molar-refractivity contribution in [1.29, 1.82) is 0 Å². The average molecular weight is 600 g/mol. The molecule has 1 aliphatic heterocycles. The number of hydrogen-bond acceptors (Lipinski definition) is 5. The van der Waals surface area contributed by atoms with Crippen LogP contribution in [-0.2, 0) is 6.54 Å². The van der Waals surface area contributed by atoms with Gasteiger partial charge in [-0.2, -0.15) is 0 Å². The van der Waals surface area contributed by atoms with Crippen molar-refractivity contribution in [2.24, 2.45) is 17.8 Å². The SMILES string of the molecule is COc1cc(C(=O)N2CC3CCC2C3C)cc2oc(-c3cc4ccc(-c5ccn6c(C)nnc6c5)cc4n3CC3CC3)c(C)c12. The second kappa shape index (κ2) is 9.70. The van der Waals surface area contributed by atoms with Gasteiger partial charge in [0.2, 0.25) is 0 Å². The summed E-state index contributed by atoms with van der Waals surface area (Å²) < 4.78 is 17.1. The van der Waals surface area contributed by atoms with E-state index in [1.54, 1.807) is 7.11 Å². The Bertz CT molecular complexity index is 2170. The Morgan fingerprint density at radius 3 is 2.60 bits per heavy atom. The van der Waals surface area contributed by atoms with Gasteiger partial charge in [0.1, 0.15) is 17.2 Å². The summed E-state index contributed by atoms with van der Waals surface area (Å²) in [6.07, 6.45) is 6.86. The fourth-order valence-corrected chi connectivity index (χ4v) is 8.15. The third kappa shape index (κ3) is 4.07. The summed E-state index contributed by atoms with van der Waals surface area (Å²) in [5.74, 6) is 4.33. The van der Waals surface area contributed by atoms with Crippen molar-refractivity contribution in [3.63, 3.8) is 0 Å². The normalized spacial score (nSPS) is 21.2. The minimum absolute atomic E-state index is 0.0831. The number of carbonyl (C=O) groups excluding carboxylic acids is 1. The average Bonchev–Trinajstić information content (AvgIpc) is 3.26. The molecule has 6 aromatic rings. The van der Waals surface area contributed by atoms with Gasteiger partial charge >= 0.3 is 0 Å². The van der Waals surface area contributed by atoms with Gasteiger partial charge in [-0.15, -0.1) is 10.2 Å². The minimum Gasteiger partial charge on any atom is -0.496 e. The van der Waals surface area contributed by atoms with Crippen LogP contribution in [0.15, 0.2) is 59.1 Å². The Hall–Kier alpha value is -4.59. The first-order valence-electron chi connectivity index (χ1n) is 16.3. The molecule has 8 heteroatoms. The lowest BCUT2D eigenvalue weighted by molar-refractivity contribution is 0.0695. The highest BCUT2D eigenvalue weighted by atomic mass is 16.5. The van der Waals surface area contributed by atoms with Crippen LogP contribution in [0.1, 0.15) is 54.4 Å². The number of benzene rings is 2. The second-order valence-corrected chi connectivity index (χ2v) is 13.6. The summed E-state index contributed by atoms with van der Waals surface area (Å²) >= 11 is 0. The predicted molar refractivity (Wildman–Crippen MR) is 175 cm³/mol. The van der Waals surface area contributed by atoms with E-state index in [0.717, 1.165) is 64.5 Å². The summed E-state index contributed by atoms with van der Waals surface area (Å²) in [6.45, 7) is 8.15. The molecule has 1 amide bonds. The van der Waals surface area contributed by atoms with Crippen LogP contribution in [0.2, 0.25) is 0 Å². The monoisotopic (exact) mass is 599 g/mol. The summed E-state index contributed by atoms with van der Waals surface area (Å²) in [7, 11) is 1.68. The topological polar surface area (TPSA) is 77.8 Å². The first-order valence-corrected chi connectivity index (χ1v) is 16.3. The Morgan fingerprint density at radius 1 is 1.00 bits per heavy atom. The van der Waals surface area contributed by atoms with Crippen LogP contribution < -0.4 is 4.74 Å². The molecular weight excluding hydrogens is 562 g/mol. The van der Waals surface area contributed by atoms with Gasteiger partial charge in [0.25, 0.3) is 5.91 Å². The number of pyridine rings is 1. The van der Waals surface area contributed by atoms with Crippen LogP contribution in [-0.4, -0.2) is 49.7 Å². The van der Waals surface area contributed by atoms with Gasteiger partial charge in [0.15, 0.2) is 11.4 Å². The number of hydrogen-bond donors (Lipinski definition) is 0. The zero-order chi connectivity index (χ0) is 30.6. The number of fused-ring (bicyclic) bond motifs is 5. The van der Waals surface area contributed by atoms with E-state index in [1.807, 2.05) is 29.7 Å². The molecule has 2 bridgehead atoms. The van der Waals surface area contributed by atoms with Crippen LogP contribution in [0.5, 0.6) is 5.75 Å². The van der Waals surface area contributed by atoms with Crippen molar-refractivity contribution in [2.75, 3.05) is 13.7 Å². The Labute approximate surface area is 261 Å². The van der Waals surface area contributed by atoms with E-state index in [9.17, 15) is 4.79 Å². The van der Waals surface area contributed by atoms with E-state index in [4.69, 9.17) is 9.15 Å². The lowest BCUT2D eigenvalue weighted by Crippen LogP contribution is -2.38. The highest BCUT2D eigenvalue weighted by molar-refractivity contribution is 6.02. The number of ether oxygens (including phenoxy) is 1. The molecule has 8 nitrogen and oxygen atoms in total. The zero-order valence-electron chi connectivity index (χ0n) is 26.2. The standard InChI is InChI=1S/C37H37N5O3/c1-20-27-9-10-29(20)42(19-27)37(43)28-15-32(44-4)35-21(2)36(45-33(35)16-28)31-14-26-8-7-24(13-30(26)41(31)18-23-5-6-23)25-11-12-40-22(3)38-39-34(40)17-25/h7-8,11-17,20,23,27,29H,5-6,9-10,18-19H2,1-4H3. The van der Waals surface area contributed by atoms with Crippen LogP contribution >= 0.6 is 0 Å². The van der Waals surface area contributed by atoms with Gasteiger partial charge in [0.05, 0.1) is 18.2 Å². The van der Waals surface area contributed by atoms with Gasteiger partial charge in [-0.25, -0.2) is 0 Å². The molecule has 3 unspecified atom stereocenters. The first-order chi connectivity index (χ1) is 21.9. The summed E-state index contributed by atoms with van der Waals surface area (Å²) in [5, 5.41) is 10.7. The van der Waals surface area contributed by atoms with E-state index < -0.39 is 0 Å². The highest BCUT2D eigenvalue weighted by Gasteiger charge is 2.46. The summed E-state index contributed by atoms with van der Waals surface area (Å²) in [6, 6.07) is 17.3. The van der Waals surface area contributed by atoms with Gasteiger partial charge in [-0.05, 0) is 105 Å². The highest BCUT2D eigenvalue weighted by Crippen LogP contribution is 2.45. The molecule has 0 N–H and O–H groups in total. The van der Waals surface area contributed by atoms with Crippen molar-refractivity contribution >= 4 is 33.4 Å². The summed E-state index contributed by atoms with van der Waals surface area (Å²) in [5.41, 5.74) is 7.71. The molecule has 3 fully saturated rings. The van der Waals surface area contributed by atoms with E-state index in [0.29, 0.717) is 40.7 Å². The van der Waals surface area contributed by atoms with Crippen molar-refractivity contribution in [2.45, 2.75) is 59.0 Å². The van der Waals surface area contributed by atoms with Gasteiger partial charge in [0, 0.05) is 47.4 Å². The molecule has 2 aromatic carbocycles. The van der Waals surface area contributed by atoms with Crippen molar-refractivity contribution in [3.8, 4) is 28.3 Å². The fourth-order valence-electron chi connectivity index (χ4n) is 8.15. The zero-order valence-corrected chi connectivity index (χ0v) is 26.2. The molecule has 45 heavy (non-hydrogen) atoms. The van der Waals surface area contributed by atoms with Crippen LogP contribution in [0.3, 0.4) is 0 Å². The molecule has 4 aromatic heterocycles.